The molecule has 2 aromatic rings. The van der Waals surface area contributed by atoms with E-state index in [0.29, 0.717) is 6.07 Å². The first-order valence-electron chi connectivity index (χ1n) is 6.88. The Bertz CT molecular complexity index is 684. The van der Waals surface area contributed by atoms with Crippen LogP contribution in [0, 0.1) is 11.6 Å². The van der Waals surface area contributed by atoms with E-state index in [4.69, 9.17) is 0 Å². The zero-order valence-electron chi connectivity index (χ0n) is 12.4. The van der Waals surface area contributed by atoms with Gasteiger partial charge in [-0.15, -0.1) is 0 Å². The molecule has 0 unspecified atom stereocenters. The maximum absolute atomic E-state index is 13.2. The van der Waals surface area contributed by atoms with Gasteiger partial charge in [0.05, 0.1) is 7.11 Å². The Morgan fingerprint density at radius 1 is 1.09 bits per heavy atom. The molecule has 0 bridgehead atoms. The summed E-state index contributed by atoms with van der Waals surface area (Å²) in [6, 6.07) is 10.5. The molecule has 0 aliphatic heterocycles. The molecule has 0 saturated heterocycles. The fraction of sp³-hybridized carbons (Fsp3) is 0.176. The molecule has 2 rings (SSSR count). The summed E-state index contributed by atoms with van der Waals surface area (Å²) in [5, 5.41) is 2.44. The second-order valence-electron chi connectivity index (χ2n) is 4.90. The number of esters is 1. The van der Waals surface area contributed by atoms with Crippen molar-refractivity contribution in [2.24, 2.45) is 0 Å². The molecule has 1 amide bonds. The summed E-state index contributed by atoms with van der Waals surface area (Å²) in [5.74, 6) is -3.13. The second-order valence-corrected chi connectivity index (χ2v) is 4.90. The lowest BCUT2D eigenvalue weighted by Crippen LogP contribution is -2.43. The Labute approximate surface area is 132 Å². The van der Waals surface area contributed by atoms with Crippen LogP contribution in [0.2, 0.25) is 0 Å². The Hall–Kier alpha value is -2.76. The average molecular weight is 319 g/mol. The molecule has 120 valence electrons. The lowest BCUT2D eigenvalue weighted by atomic mass is 10.1. The van der Waals surface area contributed by atoms with E-state index >= 15 is 0 Å². The lowest BCUT2D eigenvalue weighted by molar-refractivity contribution is -0.142. The number of methoxy groups -OCH3 is 1. The monoisotopic (exact) mass is 319 g/mol. The minimum absolute atomic E-state index is 0.204. The van der Waals surface area contributed by atoms with E-state index in [2.05, 4.69) is 10.1 Å². The van der Waals surface area contributed by atoms with Crippen molar-refractivity contribution in [3.8, 4) is 0 Å². The topological polar surface area (TPSA) is 55.4 Å². The van der Waals surface area contributed by atoms with Crippen LogP contribution in [0.25, 0.3) is 0 Å². The van der Waals surface area contributed by atoms with Gasteiger partial charge in [0.2, 0.25) is 0 Å². The van der Waals surface area contributed by atoms with Crippen LogP contribution in [0.15, 0.2) is 48.5 Å². The Morgan fingerprint density at radius 3 is 2.26 bits per heavy atom. The molecule has 0 aromatic heterocycles. The standard InChI is InChI=1S/C17H15F2NO3/c1-23-17(22)15(7-11-5-3-2-4-6-11)20-16(21)12-8-13(18)10-14(19)9-12/h2-6,8-10,15H,7H2,1H3,(H,20,21)/t15-/m1/s1. The third-order valence-electron chi connectivity index (χ3n) is 3.20. The van der Waals surface area contributed by atoms with E-state index in [9.17, 15) is 18.4 Å². The molecule has 0 aliphatic carbocycles. The summed E-state index contributed by atoms with van der Waals surface area (Å²) >= 11 is 0. The van der Waals surface area contributed by atoms with E-state index in [0.717, 1.165) is 17.7 Å². The van der Waals surface area contributed by atoms with Crippen LogP contribution in [0.3, 0.4) is 0 Å². The van der Waals surface area contributed by atoms with E-state index in [1.165, 1.54) is 7.11 Å². The number of ether oxygens (including phenoxy) is 1. The van der Waals surface area contributed by atoms with Gasteiger partial charge in [-0.2, -0.15) is 0 Å². The number of amides is 1. The third-order valence-corrected chi connectivity index (χ3v) is 3.20. The van der Waals surface area contributed by atoms with Crippen LogP contribution < -0.4 is 5.32 Å². The predicted molar refractivity (Wildman–Crippen MR) is 79.8 cm³/mol. The molecule has 0 radical (unpaired) electrons. The largest absolute Gasteiger partial charge is 0.467 e. The van der Waals surface area contributed by atoms with Crippen molar-refractivity contribution >= 4 is 11.9 Å². The van der Waals surface area contributed by atoms with Crippen molar-refractivity contribution in [3.05, 3.63) is 71.3 Å². The van der Waals surface area contributed by atoms with E-state index in [1.807, 2.05) is 6.07 Å². The van der Waals surface area contributed by atoms with E-state index < -0.39 is 29.6 Å². The number of hydrogen-bond acceptors (Lipinski definition) is 3. The molecule has 1 atom stereocenters. The van der Waals surface area contributed by atoms with E-state index in [-0.39, 0.29) is 12.0 Å². The molecule has 23 heavy (non-hydrogen) atoms. The first-order valence-corrected chi connectivity index (χ1v) is 6.88. The van der Waals surface area contributed by atoms with Crippen molar-refractivity contribution in [1.82, 2.24) is 5.32 Å². The van der Waals surface area contributed by atoms with Gasteiger partial charge in [0.1, 0.15) is 17.7 Å². The number of nitrogens with one attached hydrogen (secondary N) is 1. The number of hydrogen-bond donors (Lipinski definition) is 1. The Balaban J connectivity index is 2.17. The second kappa shape index (κ2) is 7.49. The molecule has 4 nitrogen and oxygen atoms in total. The first-order chi connectivity index (χ1) is 11.0. The molecule has 0 spiro atoms. The molecule has 0 fully saturated rings. The SMILES string of the molecule is COC(=O)[C@@H](Cc1ccccc1)NC(=O)c1cc(F)cc(F)c1. The van der Waals surface area contributed by atoms with Crippen LogP contribution in [-0.4, -0.2) is 25.0 Å². The average Bonchev–Trinajstić information content (AvgIpc) is 2.53. The fourth-order valence-electron chi connectivity index (χ4n) is 2.11. The van der Waals surface area contributed by atoms with E-state index in [1.54, 1.807) is 24.3 Å². The van der Waals surface area contributed by atoms with Crippen LogP contribution in [0.5, 0.6) is 0 Å². The minimum Gasteiger partial charge on any atom is -0.467 e. The number of carbonyl (C=O) groups is 2. The van der Waals surface area contributed by atoms with Crippen LogP contribution in [0.4, 0.5) is 8.78 Å². The van der Waals surface area contributed by atoms with Gasteiger partial charge in [0.25, 0.3) is 5.91 Å². The molecular formula is C17H15F2NO3. The zero-order chi connectivity index (χ0) is 16.8. The molecule has 0 saturated carbocycles. The van der Waals surface area contributed by atoms with Gasteiger partial charge in [0, 0.05) is 18.1 Å². The van der Waals surface area contributed by atoms with Gasteiger partial charge >= 0.3 is 5.97 Å². The Kier molecular flexibility index (Phi) is 5.41. The quantitative estimate of drug-likeness (QED) is 0.862. The highest BCUT2D eigenvalue weighted by molar-refractivity contribution is 5.96. The van der Waals surface area contributed by atoms with Gasteiger partial charge in [0.15, 0.2) is 0 Å². The van der Waals surface area contributed by atoms with Gasteiger partial charge in [-0.1, -0.05) is 30.3 Å². The highest BCUT2D eigenvalue weighted by atomic mass is 19.1. The van der Waals surface area contributed by atoms with Crippen molar-refractivity contribution in [1.29, 1.82) is 0 Å². The number of carbonyl (C=O) groups excluding carboxylic acids is 2. The molecular weight excluding hydrogens is 304 g/mol. The minimum atomic E-state index is -0.957. The normalized spacial score (nSPS) is 11.6. The first kappa shape index (κ1) is 16.6. The smallest absolute Gasteiger partial charge is 0.328 e. The summed E-state index contributed by atoms with van der Waals surface area (Å²) in [5.41, 5.74) is 0.609. The highest BCUT2D eigenvalue weighted by Crippen LogP contribution is 2.10. The van der Waals surface area contributed by atoms with Gasteiger partial charge in [-0.25, -0.2) is 13.6 Å². The van der Waals surface area contributed by atoms with Crippen molar-refractivity contribution in [2.75, 3.05) is 7.11 Å². The van der Waals surface area contributed by atoms with Crippen LogP contribution >= 0.6 is 0 Å². The van der Waals surface area contributed by atoms with Gasteiger partial charge in [-0.3, -0.25) is 4.79 Å². The summed E-state index contributed by atoms with van der Waals surface area (Å²) in [6.07, 6.45) is 0.205. The summed E-state index contributed by atoms with van der Waals surface area (Å²) in [4.78, 5) is 23.9. The molecule has 0 heterocycles. The Morgan fingerprint density at radius 2 is 1.70 bits per heavy atom. The lowest BCUT2D eigenvalue weighted by Gasteiger charge is -2.16. The van der Waals surface area contributed by atoms with Crippen molar-refractivity contribution in [3.63, 3.8) is 0 Å². The van der Waals surface area contributed by atoms with Crippen molar-refractivity contribution < 1.29 is 23.1 Å². The van der Waals surface area contributed by atoms with Crippen molar-refractivity contribution in [2.45, 2.75) is 12.5 Å². The zero-order valence-corrected chi connectivity index (χ0v) is 12.4. The molecule has 0 aliphatic rings. The summed E-state index contributed by atoms with van der Waals surface area (Å²) < 4.78 is 31.0. The third kappa shape index (κ3) is 4.60. The van der Waals surface area contributed by atoms with Crippen LogP contribution in [0.1, 0.15) is 15.9 Å². The van der Waals surface area contributed by atoms with Gasteiger partial charge < -0.3 is 10.1 Å². The number of benzene rings is 2. The molecule has 1 N–H and O–H groups in total. The van der Waals surface area contributed by atoms with Crippen LogP contribution in [-0.2, 0) is 16.0 Å². The molecule has 6 heteroatoms. The number of rotatable bonds is 5. The summed E-state index contributed by atoms with van der Waals surface area (Å²) in [7, 11) is 1.20. The molecule has 2 aromatic carbocycles. The maximum atomic E-state index is 13.2. The summed E-state index contributed by atoms with van der Waals surface area (Å²) in [6.45, 7) is 0. The number of halogens is 2. The predicted octanol–water partition coefficient (Wildman–Crippen LogP) is 2.48. The highest BCUT2D eigenvalue weighted by Gasteiger charge is 2.23. The fourth-order valence-corrected chi connectivity index (χ4v) is 2.11. The maximum Gasteiger partial charge on any atom is 0.328 e. The van der Waals surface area contributed by atoms with Gasteiger partial charge in [-0.05, 0) is 17.7 Å².